The number of hydrogen-bond acceptors (Lipinski definition) is 4. The lowest BCUT2D eigenvalue weighted by Gasteiger charge is -2.15. The molecule has 0 atom stereocenters. The van der Waals surface area contributed by atoms with Crippen LogP contribution in [-0.4, -0.2) is 17.8 Å². The Kier molecular flexibility index (Phi) is 4.84. The summed E-state index contributed by atoms with van der Waals surface area (Å²) in [5.74, 6) is -0.929. The van der Waals surface area contributed by atoms with Crippen molar-refractivity contribution in [3.8, 4) is 5.75 Å². The Labute approximate surface area is 150 Å². The second-order valence-corrected chi connectivity index (χ2v) is 6.04. The monoisotopic (exact) mass is 350 g/mol. The lowest BCUT2D eigenvalue weighted by Crippen LogP contribution is -2.51. The fourth-order valence-electron chi connectivity index (χ4n) is 2.55. The van der Waals surface area contributed by atoms with E-state index in [0.717, 1.165) is 5.56 Å². The number of para-hydroxylation sites is 1. The van der Waals surface area contributed by atoms with Crippen LogP contribution >= 0.6 is 0 Å². The van der Waals surface area contributed by atoms with E-state index in [-0.39, 0.29) is 5.57 Å². The van der Waals surface area contributed by atoms with E-state index in [1.54, 1.807) is 18.2 Å². The van der Waals surface area contributed by atoms with Crippen molar-refractivity contribution in [1.82, 2.24) is 10.6 Å². The number of hydrogen-bond donors (Lipinski definition) is 2. The van der Waals surface area contributed by atoms with E-state index in [4.69, 9.17) is 4.74 Å². The fraction of sp³-hybridized carbons (Fsp3) is 0.150. The average Bonchev–Trinajstić information content (AvgIpc) is 2.60. The molecule has 0 bridgehead atoms. The molecule has 2 N–H and O–H groups in total. The normalized spacial score (nSPS) is 13.9. The van der Waals surface area contributed by atoms with Gasteiger partial charge < -0.3 is 4.74 Å². The lowest BCUT2D eigenvalue weighted by atomic mass is 10.1. The molecule has 0 spiro atoms. The highest BCUT2D eigenvalue weighted by Gasteiger charge is 2.27. The first-order valence-electron chi connectivity index (χ1n) is 8.10. The van der Waals surface area contributed by atoms with Crippen LogP contribution in [0.15, 0.2) is 48.0 Å². The minimum absolute atomic E-state index is 0.146. The summed E-state index contributed by atoms with van der Waals surface area (Å²) < 4.78 is 5.88. The number of aryl methyl sites for hydroxylation is 2. The molecular weight excluding hydrogens is 332 g/mol. The van der Waals surface area contributed by atoms with Crippen molar-refractivity contribution < 1.29 is 19.1 Å². The average molecular weight is 350 g/mol. The first-order chi connectivity index (χ1) is 12.4. The molecule has 6 heteroatoms. The first-order valence-corrected chi connectivity index (χ1v) is 8.10. The molecule has 3 rings (SSSR count). The lowest BCUT2D eigenvalue weighted by molar-refractivity contribution is -0.123. The van der Waals surface area contributed by atoms with Crippen molar-refractivity contribution in [3.05, 3.63) is 70.3 Å². The number of ether oxygens (including phenoxy) is 1. The van der Waals surface area contributed by atoms with Gasteiger partial charge in [-0.3, -0.25) is 20.2 Å². The number of benzene rings is 2. The molecular formula is C20H18N2O4. The zero-order valence-corrected chi connectivity index (χ0v) is 14.5. The zero-order valence-electron chi connectivity index (χ0n) is 14.5. The second-order valence-electron chi connectivity index (χ2n) is 6.04. The van der Waals surface area contributed by atoms with Gasteiger partial charge in [0.05, 0.1) is 0 Å². The first kappa shape index (κ1) is 17.4. The molecule has 0 aliphatic carbocycles. The van der Waals surface area contributed by atoms with Crippen molar-refractivity contribution in [1.29, 1.82) is 0 Å². The van der Waals surface area contributed by atoms with Crippen molar-refractivity contribution in [2.75, 3.05) is 0 Å². The maximum atomic E-state index is 11.9. The Hall–Kier alpha value is -3.41. The Bertz CT molecular complexity index is 909. The second kappa shape index (κ2) is 7.23. The molecule has 1 saturated heterocycles. The number of amides is 4. The molecule has 0 saturated carbocycles. The predicted molar refractivity (Wildman–Crippen MR) is 96.3 cm³/mol. The summed E-state index contributed by atoms with van der Waals surface area (Å²) in [6.07, 6.45) is 1.41. The quantitative estimate of drug-likeness (QED) is 0.656. The van der Waals surface area contributed by atoms with Crippen LogP contribution < -0.4 is 15.4 Å². The van der Waals surface area contributed by atoms with Crippen molar-refractivity contribution in [2.45, 2.75) is 20.5 Å². The third kappa shape index (κ3) is 3.80. The Morgan fingerprint density at radius 3 is 2.31 bits per heavy atom. The van der Waals surface area contributed by atoms with Crippen LogP contribution in [0.5, 0.6) is 5.75 Å². The van der Waals surface area contributed by atoms with E-state index in [2.05, 4.69) is 6.07 Å². The molecule has 6 nitrogen and oxygen atoms in total. The molecule has 0 unspecified atom stereocenters. The minimum Gasteiger partial charge on any atom is -0.488 e. The van der Waals surface area contributed by atoms with Crippen LogP contribution in [0.3, 0.4) is 0 Å². The third-order valence-electron chi connectivity index (χ3n) is 4.13. The third-order valence-corrected chi connectivity index (χ3v) is 4.13. The molecule has 132 valence electrons. The summed E-state index contributed by atoms with van der Waals surface area (Å²) in [5.41, 5.74) is 3.84. The van der Waals surface area contributed by atoms with E-state index in [1.165, 1.54) is 17.2 Å². The molecule has 26 heavy (non-hydrogen) atoms. The molecule has 0 radical (unpaired) electrons. The van der Waals surface area contributed by atoms with Gasteiger partial charge >= 0.3 is 6.03 Å². The molecule has 1 aliphatic rings. The van der Waals surface area contributed by atoms with Crippen molar-refractivity contribution in [2.24, 2.45) is 0 Å². The highest BCUT2D eigenvalue weighted by molar-refractivity contribution is 6.31. The highest BCUT2D eigenvalue weighted by Crippen LogP contribution is 2.23. The Balaban J connectivity index is 1.83. The summed E-state index contributed by atoms with van der Waals surface area (Å²) in [6, 6.07) is 12.4. The number of barbiturate groups is 1. The van der Waals surface area contributed by atoms with E-state index in [9.17, 15) is 14.4 Å². The number of nitrogens with one attached hydrogen (secondary N) is 2. The van der Waals surface area contributed by atoms with Gasteiger partial charge in [-0.05, 0) is 42.7 Å². The van der Waals surface area contributed by atoms with Crippen molar-refractivity contribution >= 4 is 23.9 Å². The van der Waals surface area contributed by atoms with E-state index in [0.29, 0.717) is 17.9 Å². The molecule has 1 heterocycles. The van der Waals surface area contributed by atoms with Crippen LogP contribution in [-0.2, 0) is 16.2 Å². The van der Waals surface area contributed by atoms with Gasteiger partial charge in [0, 0.05) is 5.56 Å². The molecule has 2 aromatic carbocycles. The summed E-state index contributed by atoms with van der Waals surface area (Å²) >= 11 is 0. The van der Waals surface area contributed by atoms with Crippen LogP contribution in [0.2, 0.25) is 0 Å². The van der Waals surface area contributed by atoms with Crippen LogP contribution in [0.25, 0.3) is 6.08 Å². The van der Waals surface area contributed by atoms with Crippen LogP contribution in [0, 0.1) is 13.8 Å². The summed E-state index contributed by atoms with van der Waals surface area (Å²) in [5, 5.41) is 4.10. The molecule has 1 fully saturated rings. The van der Waals surface area contributed by atoms with Gasteiger partial charge in [-0.2, -0.15) is 0 Å². The number of carbonyl (C=O) groups excluding carboxylic acids is 3. The SMILES string of the molecule is Cc1ccc(COc2ccccc2C=C2C(=O)NC(=O)NC2=O)cc1C. The number of carbonyl (C=O) groups is 3. The molecule has 0 aromatic heterocycles. The number of urea groups is 1. The highest BCUT2D eigenvalue weighted by atomic mass is 16.5. The Morgan fingerprint density at radius 1 is 0.923 bits per heavy atom. The van der Waals surface area contributed by atoms with E-state index >= 15 is 0 Å². The zero-order chi connectivity index (χ0) is 18.7. The van der Waals surface area contributed by atoms with Crippen LogP contribution in [0.4, 0.5) is 4.79 Å². The standard InChI is InChI=1S/C20H18N2O4/c1-12-7-8-14(9-13(12)2)11-26-17-6-4-3-5-15(17)10-16-18(23)21-20(25)22-19(16)24/h3-10H,11H2,1-2H3,(H2,21,22,23,24,25). The molecule has 4 amide bonds. The van der Waals surface area contributed by atoms with Gasteiger partial charge in [0.2, 0.25) is 0 Å². The van der Waals surface area contributed by atoms with Gasteiger partial charge in [-0.15, -0.1) is 0 Å². The molecule has 1 aliphatic heterocycles. The van der Waals surface area contributed by atoms with Gasteiger partial charge in [0.1, 0.15) is 17.9 Å². The van der Waals surface area contributed by atoms with Crippen molar-refractivity contribution in [3.63, 3.8) is 0 Å². The minimum atomic E-state index is -0.823. The van der Waals surface area contributed by atoms with Gasteiger partial charge in [0.15, 0.2) is 0 Å². The largest absolute Gasteiger partial charge is 0.488 e. The van der Waals surface area contributed by atoms with E-state index < -0.39 is 17.8 Å². The fourth-order valence-corrected chi connectivity index (χ4v) is 2.55. The number of imide groups is 2. The smallest absolute Gasteiger partial charge is 0.328 e. The van der Waals surface area contributed by atoms with Gasteiger partial charge in [-0.1, -0.05) is 36.4 Å². The maximum absolute atomic E-state index is 11.9. The van der Waals surface area contributed by atoms with E-state index in [1.807, 2.05) is 42.7 Å². The summed E-state index contributed by atoms with van der Waals surface area (Å²) in [6.45, 7) is 4.45. The predicted octanol–water partition coefficient (Wildman–Crippen LogP) is 2.63. The van der Waals surface area contributed by atoms with Gasteiger partial charge in [-0.25, -0.2) is 4.79 Å². The molecule has 2 aromatic rings. The maximum Gasteiger partial charge on any atom is 0.328 e. The van der Waals surface area contributed by atoms with Crippen LogP contribution in [0.1, 0.15) is 22.3 Å². The topological polar surface area (TPSA) is 84.5 Å². The summed E-state index contributed by atoms with van der Waals surface area (Å²) in [4.78, 5) is 34.9. The number of rotatable bonds is 4. The summed E-state index contributed by atoms with van der Waals surface area (Å²) in [7, 11) is 0. The van der Waals surface area contributed by atoms with Gasteiger partial charge in [0.25, 0.3) is 11.8 Å². The Morgan fingerprint density at radius 2 is 1.62 bits per heavy atom.